The van der Waals surface area contributed by atoms with Gasteiger partial charge in [-0.3, -0.25) is 14.9 Å². The molecular weight excluding hydrogens is 220 g/mol. The molecule has 2 rings (SSSR count). The SMILES string of the molecule is CC(C)c1ccc(N2C(=O)NC(=O)C2=O)cc1. The van der Waals surface area contributed by atoms with Crippen LogP contribution in [0, 0.1) is 0 Å². The average molecular weight is 232 g/mol. The van der Waals surface area contributed by atoms with Gasteiger partial charge in [-0.2, -0.15) is 0 Å². The van der Waals surface area contributed by atoms with E-state index in [-0.39, 0.29) is 0 Å². The summed E-state index contributed by atoms with van der Waals surface area (Å²) in [5.41, 5.74) is 1.51. The van der Waals surface area contributed by atoms with Gasteiger partial charge < -0.3 is 0 Å². The van der Waals surface area contributed by atoms with E-state index in [0.29, 0.717) is 11.6 Å². The van der Waals surface area contributed by atoms with Gasteiger partial charge in [0.05, 0.1) is 5.69 Å². The molecule has 1 aromatic rings. The van der Waals surface area contributed by atoms with Gasteiger partial charge in [-0.05, 0) is 23.6 Å². The van der Waals surface area contributed by atoms with Crippen molar-refractivity contribution in [3.63, 3.8) is 0 Å². The Kier molecular flexibility index (Phi) is 2.67. The Morgan fingerprint density at radius 2 is 1.65 bits per heavy atom. The van der Waals surface area contributed by atoms with Gasteiger partial charge >= 0.3 is 17.8 Å². The van der Waals surface area contributed by atoms with E-state index in [1.54, 1.807) is 12.1 Å². The summed E-state index contributed by atoms with van der Waals surface area (Å²) in [6.07, 6.45) is 0. The second kappa shape index (κ2) is 4.01. The fraction of sp³-hybridized carbons (Fsp3) is 0.250. The smallest absolute Gasteiger partial charge is 0.269 e. The Balaban J connectivity index is 2.32. The highest BCUT2D eigenvalue weighted by molar-refractivity contribution is 6.53. The second-order valence-corrected chi connectivity index (χ2v) is 4.15. The summed E-state index contributed by atoms with van der Waals surface area (Å²) in [6.45, 7) is 4.10. The highest BCUT2D eigenvalue weighted by Gasteiger charge is 2.37. The zero-order valence-corrected chi connectivity index (χ0v) is 9.56. The number of imide groups is 2. The minimum absolute atomic E-state index is 0.369. The maximum absolute atomic E-state index is 11.4. The third-order valence-electron chi connectivity index (χ3n) is 2.64. The van der Waals surface area contributed by atoms with Crippen LogP contribution in [-0.2, 0) is 9.59 Å². The molecule has 0 spiro atoms. The number of rotatable bonds is 2. The van der Waals surface area contributed by atoms with Crippen molar-refractivity contribution in [3.05, 3.63) is 29.8 Å². The first-order valence-electron chi connectivity index (χ1n) is 5.30. The van der Waals surface area contributed by atoms with Crippen LogP contribution in [0.15, 0.2) is 24.3 Å². The molecule has 1 aliphatic rings. The number of carbonyl (C=O) groups excluding carboxylic acids is 3. The van der Waals surface area contributed by atoms with Gasteiger partial charge in [0, 0.05) is 0 Å². The van der Waals surface area contributed by atoms with Gasteiger partial charge in [-0.1, -0.05) is 26.0 Å². The zero-order chi connectivity index (χ0) is 12.6. The first kappa shape index (κ1) is 11.3. The number of amides is 4. The number of benzene rings is 1. The number of nitrogens with one attached hydrogen (secondary N) is 1. The molecule has 17 heavy (non-hydrogen) atoms. The zero-order valence-electron chi connectivity index (χ0n) is 9.56. The Morgan fingerprint density at radius 1 is 1.06 bits per heavy atom. The van der Waals surface area contributed by atoms with Crippen LogP contribution in [0.1, 0.15) is 25.3 Å². The van der Waals surface area contributed by atoms with Crippen LogP contribution in [-0.4, -0.2) is 17.8 Å². The number of hydrogen-bond donors (Lipinski definition) is 1. The standard InChI is InChI=1S/C12H12N2O3/c1-7(2)8-3-5-9(6-4-8)14-11(16)10(15)13-12(14)17/h3-7H,1-2H3,(H,13,15,17). The fourth-order valence-corrected chi connectivity index (χ4v) is 1.64. The number of anilines is 1. The van der Waals surface area contributed by atoms with E-state index in [1.807, 2.05) is 31.3 Å². The molecule has 1 heterocycles. The van der Waals surface area contributed by atoms with Crippen LogP contribution >= 0.6 is 0 Å². The van der Waals surface area contributed by atoms with Crippen LogP contribution < -0.4 is 10.2 Å². The van der Waals surface area contributed by atoms with Crippen molar-refractivity contribution in [2.75, 3.05) is 4.90 Å². The van der Waals surface area contributed by atoms with E-state index in [2.05, 4.69) is 0 Å². The quantitative estimate of drug-likeness (QED) is 0.619. The lowest BCUT2D eigenvalue weighted by Crippen LogP contribution is -2.30. The largest absolute Gasteiger partial charge is 0.336 e. The van der Waals surface area contributed by atoms with Crippen molar-refractivity contribution in [1.82, 2.24) is 5.32 Å². The molecule has 0 aliphatic carbocycles. The molecule has 5 heteroatoms. The van der Waals surface area contributed by atoms with Crippen molar-refractivity contribution >= 4 is 23.5 Å². The number of nitrogens with zero attached hydrogens (tertiary/aromatic N) is 1. The molecule has 0 radical (unpaired) electrons. The number of urea groups is 1. The molecule has 0 aromatic heterocycles. The van der Waals surface area contributed by atoms with Crippen LogP contribution in [0.2, 0.25) is 0 Å². The fourth-order valence-electron chi connectivity index (χ4n) is 1.64. The molecule has 0 atom stereocenters. The molecular formula is C12H12N2O3. The number of carbonyl (C=O) groups is 3. The highest BCUT2D eigenvalue weighted by atomic mass is 16.2. The number of hydrogen-bond acceptors (Lipinski definition) is 3. The van der Waals surface area contributed by atoms with Crippen molar-refractivity contribution in [2.45, 2.75) is 19.8 Å². The average Bonchev–Trinajstić information content (AvgIpc) is 2.53. The monoisotopic (exact) mass is 232 g/mol. The molecule has 88 valence electrons. The van der Waals surface area contributed by atoms with Crippen molar-refractivity contribution in [1.29, 1.82) is 0 Å². The molecule has 1 saturated heterocycles. The predicted octanol–water partition coefficient (Wildman–Crippen LogP) is 1.39. The van der Waals surface area contributed by atoms with Gasteiger partial charge in [0.25, 0.3) is 0 Å². The molecule has 0 saturated carbocycles. The maximum Gasteiger partial charge on any atom is 0.336 e. The molecule has 0 unspecified atom stereocenters. The highest BCUT2D eigenvalue weighted by Crippen LogP contribution is 2.21. The van der Waals surface area contributed by atoms with E-state index in [0.717, 1.165) is 10.5 Å². The van der Waals surface area contributed by atoms with Crippen molar-refractivity contribution < 1.29 is 14.4 Å². The molecule has 4 amide bonds. The Bertz CT molecular complexity index is 491. The Labute approximate surface area is 98.4 Å². The predicted molar refractivity (Wildman–Crippen MR) is 61.6 cm³/mol. The summed E-state index contributed by atoms with van der Waals surface area (Å²) in [5.74, 6) is -1.36. The molecule has 1 aromatic carbocycles. The third-order valence-corrected chi connectivity index (χ3v) is 2.64. The summed E-state index contributed by atoms with van der Waals surface area (Å²) in [5, 5.41) is 1.95. The Morgan fingerprint density at radius 3 is 2.06 bits per heavy atom. The first-order chi connectivity index (χ1) is 8.00. The topological polar surface area (TPSA) is 66.5 Å². The van der Waals surface area contributed by atoms with E-state index < -0.39 is 17.8 Å². The van der Waals surface area contributed by atoms with Crippen LogP contribution in [0.25, 0.3) is 0 Å². The molecule has 0 bridgehead atoms. The van der Waals surface area contributed by atoms with Gasteiger partial charge in [0.15, 0.2) is 0 Å². The van der Waals surface area contributed by atoms with Gasteiger partial charge in [0.1, 0.15) is 0 Å². The van der Waals surface area contributed by atoms with Gasteiger partial charge in [-0.15, -0.1) is 0 Å². The van der Waals surface area contributed by atoms with Crippen molar-refractivity contribution in [2.24, 2.45) is 0 Å². The van der Waals surface area contributed by atoms with Gasteiger partial charge in [-0.25, -0.2) is 9.69 Å². The van der Waals surface area contributed by atoms with E-state index >= 15 is 0 Å². The van der Waals surface area contributed by atoms with E-state index in [9.17, 15) is 14.4 Å². The minimum Gasteiger partial charge on any atom is -0.269 e. The summed E-state index contributed by atoms with van der Waals surface area (Å²) in [6, 6.07) is 6.29. The van der Waals surface area contributed by atoms with E-state index in [1.165, 1.54) is 0 Å². The third kappa shape index (κ3) is 1.91. The van der Waals surface area contributed by atoms with Gasteiger partial charge in [0.2, 0.25) is 0 Å². The normalized spacial score (nSPS) is 15.7. The maximum atomic E-state index is 11.4. The summed E-state index contributed by atoms with van der Waals surface area (Å²) >= 11 is 0. The summed E-state index contributed by atoms with van der Waals surface area (Å²) < 4.78 is 0. The molecule has 1 aliphatic heterocycles. The van der Waals surface area contributed by atoms with Crippen molar-refractivity contribution in [3.8, 4) is 0 Å². The first-order valence-corrected chi connectivity index (χ1v) is 5.30. The van der Waals surface area contributed by atoms with Crippen LogP contribution in [0.3, 0.4) is 0 Å². The lowest BCUT2D eigenvalue weighted by molar-refractivity contribution is -0.134. The van der Waals surface area contributed by atoms with Crippen LogP contribution in [0.5, 0.6) is 0 Å². The molecule has 1 N–H and O–H groups in total. The Hall–Kier alpha value is -2.17. The van der Waals surface area contributed by atoms with E-state index in [4.69, 9.17) is 0 Å². The lowest BCUT2D eigenvalue weighted by Gasteiger charge is -2.12. The molecule has 5 nitrogen and oxygen atoms in total. The van der Waals surface area contributed by atoms with Crippen LogP contribution in [0.4, 0.5) is 10.5 Å². The lowest BCUT2D eigenvalue weighted by atomic mass is 10.0. The molecule has 1 fully saturated rings. The minimum atomic E-state index is -0.886. The second-order valence-electron chi connectivity index (χ2n) is 4.15. The summed E-state index contributed by atoms with van der Waals surface area (Å²) in [4.78, 5) is 34.7. The summed E-state index contributed by atoms with van der Waals surface area (Å²) in [7, 11) is 0.